The maximum absolute atomic E-state index is 9.95. The van der Waals surface area contributed by atoms with E-state index in [2.05, 4.69) is 0 Å². The molecule has 0 saturated heterocycles. The highest BCUT2D eigenvalue weighted by Crippen LogP contribution is 2.32. The third-order valence-corrected chi connectivity index (χ3v) is 2.64. The van der Waals surface area contributed by atoms with E-state index in [0.717, 1.165) is 22.4 Å². The van der Waals surface area contributed by atoms with E-state index >= 15 is 0 Å². The fraction of sp³-hybridized carbons (Fsp3) is 0.143. The van der Waals surface area contributed by atoms with E-state index in [4.69, 9.17) is 4.74 Å². The highest BCUT2D eigenvalue weighted by atomic mass is 16.5. The summed E-state index contributed by atoms with van der Waals surface area (Å²) in [5, 5.41) is 9.95. The van der Waals surface area contributed by atoms with Gasteiger partial charge in [-0.3, -0.25) is 0 Å². The molecule has 0 fully saturated rings. The van der Waals surface area contributed by atoms with Crippen LogP contribution in [0.15, 0.2) is 42.5 Å². The minimum atomic E-state index is 0.340. The van der Waals surface area contributed by atoms with Crippen LogP contribution in [-0.4, -0.2) is 12.2 Å². The van der Waals surface area contributed by atoms with Gasteiger partial charge < -0.3 is 9.84 Å². The van der Waals surface area contributed by atoms with Crippen molar-refractivity contribution in [2.45, 2.75) is 6.92 Å². The Morgan fingerprint density at radius 1 is 1.00 bits per heavy atom. The first-order valence-corrected chi connectivity index (χ1v) is 5.15. The summed E-state index contributed by atoms with van der Waals surface area (Å²) in [6, 6.07) is 13.4. The minimum absolute atomic E-state index is 0.340. The molecule has 0 radical (unpaired) electrons. The number of rotatable bonds is 2. The lowest BCUT2D eigenvalue weighted by Crippen LogP contribution is -1.84. The normalized spacial score (nSPS) is 10.1. The van der Waals surface area contributed by atoms with Crippen LogP contribution in [0.2, 0.25) is 0 Å². The summed E-state index contributed by atoms with van der Waals surface area (Å²) in [5.74, 6) is 1.16. The topological polar surface area (TPSA) is 29.5 Å². The lowest BCUT2D eigenvalue weighted by Gasteiger charge is -2.07. The van der Waals surface area contributed by atoms with E-state index in [1.54, 1.807) is 7.11 Å². The van der Waals surface area contributed by atoms with E-state index in [0.29, 0.717) is 5.75 Å². The molecule has 0 aliphatic rings. The van der Waals surface area contributed by atoms with Crippen molar-refractivity contribution in [2.24, 2.45) is 0 Å². The summed E-state index contributed by atoms with van der Waals surface area (Å²) < 4.78 is 5.10. The highest BCUT2D eigenvalue weighted by Gasteiger charge is 2.05. The number of ether oxygens (including phenoxy) is 1. The average molecular weight is 214 g/mol. The summed E-state index contributed by atoms with van der Waals surface area (Å²) in [6.07, 6.45) is 0. The molecule has 0 aromatic heterocycles. The number of phenolic OH excluding ortho intramolecular Hbond substituents is 1. The zero-order valence-electron chi connectivity index (χ0n) is 9.40. The van der Waals surface area contributed by atoms with Gasteiger partial charge in [-0.2, -0.15) is 0 Å². The minimum Gasteiger partial charge on any atom is -0.507 e. The second kappa shape index (κ2) is 4.27. The maximum Gasteiger partial charge on any atom is 0.126 e. The number of hydrogen-bond acceptors (Lipinski definition) is 2. The molecule has 2 nitrogen and oxygen atoms in total. The molecule has 0 aliphatic carbocycles. The molecule has 0 saturated carbocycles. The summed E-state index contributed by atoms with van der Waals surface area (Å²) in [6.45, 7) is 1.89. The number of methoxy groups -OCH3 is 1. The van der Waals surface area contributed by atoms with Crippen LogP contribution < -0.4 is 4.74 Å². The van der Waals surface area contributed by atoms with Crippen molar-refractivity contribution < 1.29 is 9.84 Å². The fourth-order valence-corrected chi connectivity index (χ4v) is 1.66. The van der Waals surface area contributed by atoms with Gasteiger partial charge in [0.2, 0.25) is 0 Å². The highest BCUT2D eigenvalue weighted by molar-refractivity contribution is 5.71. The van der Waals surface area contributed by atoms with Gasteiger partial charge >= 0.3 is 0 Å². The zero-order valence-corrected chi connectivity index (χ0v) is 9.40. The Kier molecular flexibility index (Phi) is 2.82. The molecule has 2 rings (SSSR count). The molecule has 2 aromatic carbocycles. The lowest BCUT2D eigenvalue weighted by molar-refractivity contribution is 0.415. The molecule has 2 heteroatoms. The zero-order chi connectivity index (χ0) is 11.5. The van der Waals surface area contributed by atoms with Gasteiger partial charge in [0.05, 0.1) is 7.11 Å². The second-order valence-corrected chi connectivity index (χ2v) is 3.70. The average Bonchev–Trinajstić information content (AvgIpc) is 2.33. The van der Waals surface area contributed by atoms with Gasteiger partial charge in [0.15, 0.2) is 0 Å². The fourth-order valence-electron chi connectivity index (χ4n) is 1.66. The maximum atomic E-state index is 9.95. The summed E-state index contributed by atoms with van der Waals surface area (Å²) >= 11 is 0. The van der Waals surface area contributed by atoms with E-state index < -0.39 is 0 Å². The predicted octanol–water partition coefficient (Wildman–Crippen LogP) is 3.38. The van der Waals surface area contributed by atoms with Crippen molar-refractivity contribution in [3.8, 4) is 22.6 Å². The molecule has 0 aliphatic heterocycles. The molecule has 0 heterocycles. The first-order valence-electron chi connectivity index (χ1n) is 5.15. The van der Waals surface area contributed by atoms with Crippen LogP contribution in [0.25, 0.3) is 11.1 Å². The summed E-state index contributed by atoms with van der Waals surface area (Å²) in [5.41, 5.74) is 2.72. The van der Waals surface area contributed by atoms with E-state index in [1.165, 1.54) is 0 Å². The van der Waals surface area contributed by atoms with Crippen molar-refractivity contribution in [2.75, 3.05) is 7.11 Å². The van der Waals surface area contributed by atoms with Crippen LogP contribution in [0.3, 0.4) is 0 Å². The standard InChI is InChI=1S/C14H14O2/c1-10-4-3-5-13(14(10)15)11-6-8-12(16-2)9-7-11/h3-9,15H,1-2H3. The number of hydrogen-bond donors (Lipinski definition) is 1. The predicted molar refractivity (Wildman–Crippen MR) is 64.8 cm³/mol. The Balaban J connectivity index is 2.46. The molecule has 82 valence electrons. The largest absolute Gasteiger partial charge is 0.507 e. The lowest BCUT2D eigenvalue weighted by atomic mass is 10.0. The number of para-hydroxylation sites is 1. The monoisotopic (exact) mass is 214 g/mol. The smallest absolute Gasteiger partial charge is 0.126 e. The van der Waals surface area contributed by atoms with Crippen LogP contribution in [0, 0.1) is 6.92 Å². The first kappa shape index (κ1) is 10.6. The Morgan fingerprint density at radius 3 is 2.31 bits per heavy atom. The molecule has 16 heavy (non-hydrogen) atoms. The summed E-state index contributed by atoms with van der Waals surface area (Å²) in [7, 11) is 1.64. The van der Waals surface area contributed by atoms with Crippen molar-refractivity contribution in [3.63, 3.8) is 0 Å². The number of phenols is 1. The Bertz CT molecular complexity index is 487. The Hall–Kier alpha value is -1.96. The van der Waals surface area contributed by atoms with Crippen molar-refractivity contribution in [3.05, 3.63) is 48.0 Å². The number of benzene rings is 2. The van der Waals surface area contributed by atoms with Gasteiger partial charge in [-0.25, -0.2) is 0 Å². The molecule has 2 aromatic rings. The molecule has 1 N–H and O–H groups in total. The molecule has 0 atom stereocenters. The van der Waals surface area contributed by atoms with Gasteiger partial charge in [0.25, 0.3) is 0 Å². The molecular weight excluding hydrogens is 200 g/mol. The van der Waals surface area contributed by atoms with Gasteiger partial charge in [-0.15, -0.1) is 0 Å². The third kappa shape index (κ3) is 1.87. The molecule has 0 spiro atoms. The third-order valence-electron chi connectivity index (χ3n) is 2.64. The van der Waals surface area contributed by atoms with Crippen LogP contribution in [0.1, 0.15) is 5.56 Å². The Labute approximate surface area is 95.1 Å². The Morgan fingerprint density at radius 2 is 1.69 bits per heavy atom. The van der Waals surface area contributed by atoms with Crippen LogP contribution in [0.5, 0.6) is 11.5 Å². The van der Waals surface area contributed by atoms with E-state index in [-0.39, 0.29) is 0 Å². The molecular formula is C14H14O2. The number of aryl methyl sites for hydroxylation is 1. The van der Waals surface area contributed by atoms with E-state index in [9.17, 15) is 5.11 Å². The quantitative estimate of drug-likeness (QED) is 0.830. The summed E-state index contributed by atoms with van der Waals surface area (Å²) in [4.78, 5) is 0. The van der Waals surface area contributed by atoms with Crippen molar-refractivity contribution in [1.82, 2.24) is 0 Å². The molecule has 0 unspecified atom stereocenters. The van der Waals surface area contributed by atoms with Crippen LogP contribution in [0.4, 0.5) is 0 Å². The van der Waals surface area contributed by atoms with Gasteiger partial charge in [0.1, 0.15) is 11.5 Å². The number of aromatic hydroxyl groups is 1. The molecule has 0 bridgehead atoms. The first-order chi connectivity index (χ1) is 7.72. The van der Waals surface area contributed by atoms with E-state index in [1.807, 2.05) is 49.4 Å². The van der Waals surface area contributed by atoms with Gasteiger partial charge in [-0.05, 0) is 30.2 Å². The van der Waals surface area contributed by atoms with Gasteiger partial charge in [0, 0.05) is 5.56 Å². The van der Waals surface area contributed by atoms with Crippen molar-refractivity contribution >= 4 is 0 Å². The molecule has 0 amide bonds. The van der Waals surface area contributed by atoms with Crippen LogP contribution >= 0.6 is 0 Å². The SMILES string of the molecule is COc1ccc(-c2cccc(C)c2O)cc1. The van der Waals surface area contributed by atoms with Gasteiger partial charge in [-0.1, -0.05) is 30.3 Å². The van der Waals surface area contributed by atoms with Crippen molar-refractivity contribution in [1.29, 1.82) is 0 Å². The second-order valence-electron chi connectivity index (χ2n) is 3.70. The van der Waals surface area contributed by atoms with Crippen LogP contribution in [-0.2, 0) is 0 Å².